The van der Waals surface area contributed by atoms with Crippen molar-refractivity contribution in [2.24, 2.45) is 22.7 Å². The van der Waals surface area contributed by atoms with Crippen LogP contribution in [-0.2, 0) is 9.47 Å². The van der Waals surface area contributed by atoms with E-state index in [4.69, 9.17) is 13.9 Å². The average Bonchev–Trinajstić information content (AvgIpc) is 3.16. The van der Waals surface area contributed by atoms with Gasteiger partial charge in [-0.1, -0.05) is 13.0 Å². The minimum Gasteiger partial charge on any atom is -0.465 e. The van der Waals surface area contributed by atoms with E-state index in [-0.39, 0.29) is 11.0 Å². The molecule has 0 saturated heterocycles. The minimum atomic E-state index is -0.0636. The smallest absolute Gasteiger partial charge is 0.129 e. The van der Waals surface area contributed by atoms with Gasteiger partial charge in [0.25, 0.3) is 0 Å². The van der Waals surface area contributed by atoms with Crippen molar-refractivity contribution in [3.63, 3.8) is 0 Å². The lowest BCUT2D eigenvalue weighted by atomic mass is 9.46. The standard InChI is InChI=1S/C22H30O3/c1-20-9-7-18-16(8-11-25-18)17(20)6-10-21-12-15(4-5-19(20)21)22(13-21,24-3)14-23-2/h7-9,11,15,17,19H,4-6,10,12-14H2,1-3H3. The number of fused-ring (bicyclic) bond motifs is 5. The van der Waals surface area contributed by atoms with Crippen molar-refractivity contribution < 1.29 is 13.9 Å². The van der Waals surface area contributed by atoms with Crippen molar-refractivity contribution in [3.05, 3.63) is 29.7 Å². The lowest BCUT2D eigenvalue weighted by molar-refractivity contribution is -0.0923. The van der Waals surface area contributed by atoms with E-state index in [1.165, 1.54) is 44.1 Å². The van der Waals surface area contributed by atoms with Crippen LogP contribution in [0.5, 0.6) is 0 Å². The molecule has 0 aliphatic heterocycles. The SMILES string of the molecule is COCC1(OC)CC23CCC4c5ccoc5C=CC4(C)C2CCC1C3. The predicted molar refractivity (Wildman–Crippen MR) is 97.3 cm³/mol. The number of hydrogen-bond donors (Lipinski definition) is 0. The zero-order valence-electron chi connectivity index (χ0n) is 15.7. The molecule has 3 saturated carbocycles. The van der Waals surface area contributed by atoms with Crippen LogP contribution in [0.3, 0.4) is 0 Å². The number of hydrogen-bond acceptors (Lipinski definition) is 3. The Labute approximate surface area is 150 Å². The second-order valence-corrected chi connectivity index (χ2v) is 9.30. The lowest BCUT2D eigenvalue weighted by Crippen LogP contribution is -2.49. The third-order valence-corrected chi connectivity index (χ3v) is 8.52. The van der Waals surface area contributed by atoms with Gasteiger partial charge >= 0.3 is 0 Å². The third kappa shape index (κ3) is 1.94. The van der Waals surface area contributed by atoms with Crippen molar-refractivity contribution in [1.29, 1.82) is 0 Å². The van der Waals surface area contributed by atoms with E-state index in [0.29, 0.717) is 17.3 Å². The van der Waals surface area contributed by atoms with Crippen molar-refractivity contribution in [3.8, 4) is 0 Å². The first-order valence-corrected chi connectivity index (χ1v) is 9.88. The van der Waals surface area contributed by atoms with Gasteiger partial charge in [0.15, 0.2) is 0 Å². The Balaban J connectivity index is 1.55. The fourth-order valence-electron chi connectivity index (χ4n) is 7.56. The number of furan rings is 1. The Morgan fingerprint density at radius 3 is 2.92 bits per heavy atom. The van der Waals surface area contributed by atoms with Crippen LogP contribution < -0.4 is 0 Å². The molecule has 0 N–H and O–H groups in total. The van der Waals surface area contributed by atoms with E-state index in [2.05, 4.69) is 25.1 Å². The molecule has 6 atom stereocenters. The molecule has 0 aromatic carbocycles. The fourth-order valence-corrected chi connectivity index (χ4v) is 7.56. The molecular weight excluding hydrogens is 312 g/mol. The van der Waals surface area contributed by atoms with Gasteiger partial charge in [-0.05, 0) is 79.3 Å². The Kier molecular flexibility index (Phi) is 3.38. The van der Waals surface area contributed by atoms with Crippen molar-refractivity contribution in [2.45, 2.75) is 57.0 Å². The predicted octanol–water partition coefficient (Wildman–Crippen LogP) is 5.03. The summed E-state index contributed by atoms with van der Waals surface area (Å²) in [5, 5.41) is 0. The zero-order chi connectivity index (χ0) is 17.3. The summed E-state index contributed by atoms with van der Waals surface area (Å²) in [6, 6.07) is 2.21. The highest BCUT2D eigenvalue weighted by atomic mass is 16.5. The van der Waals surface area contributed by atoms with E-state index >= 15 is 0 Å². The van der Waals surface area contributed by atoms with Crippen LogP contribution in [0.1, 0.15) is 62.7 Å². The van der Waals surface area contributed by atoms with Crippen LogP contribution in [0.15, 0.2) is 22.8 Å². The van der Waals surface area contributed by atoms with E-state index in [1.54, 1.807) is 0 Å². The van der Waals surface area contributed by atoms with Crippen LogP contribution in [0, 0.1) is 22.7 Å². The molecule has 5 rings (SSSR count). The van der Waals surface area contributed by atoms with Gasteiger partial charge in [0.2, 0.25) is 0 Å². The minimum absolute atomic E-state index is 0.0636. The molecule has 1 heterocycles. The number of rotatable bonds is 3. The highest BCUT2D eigenvalue weighted by molar-refractivity contribution is 5.55. The first-order valence-electron chi connectivity index (χ1n) is 9.88. The van der Waals surface area contributed by atoms with Gasteiger partial charge in [0, 0.05) is 19.8 Å². The molecule has 3 nitrogen and oxygen atoms in total. The maximum atomic E-state index is 6.15. The van der Waals surface area contributed by atoms with Gasteiger partial charge < -0.3 is 13.9 Å². The Bertz CT molecular complexity index is 706. The van der Waals surface area contributed by atoms with Crippen LogP contribution in [-0.4, -0.2) is 26.4 Å². The lowest BCUT2D eigenvalue weighted by Gasteiger charge is -2.58. The highest BCUT2D eigenvalue weighted by Crippen LogP contribution is 2.71. The number of ether oxygens (including phenoxy) is 2. The summed E-state index contributed by atoms with van der Waals surface area (Å²) >= 11 is 0. The summed E-state index contributed by atoms with van der Waals surface area (Å²) in [6.45, 7) is 3.25. The van der Waals surface area contributed by atoms with E-state index in [9.17, 15) is 0 Å². The Hall–Kier alpha value is -1.06. The summed E-state index contributed by atoms with van der Waals surface area (Å²) in [5.74, 6) is 3.09. The molecule has 2 bridgehead atoms. The van der Waals surface area contributed by atoms with E-state index in [1.807, 2.05) is 20.5 Å². The first-order chi connectivity index (χ1) is 12.1. The Morgan fingerprint density at radius 2 is 2.12 bits per heavy atom. The van der Waals surface area contributed by atoms with Gasteiger partial charge in [0.1, 0.15) is 5.76 Å². The average molecular weight is 342 g/mol. The third-order valence-electron chi connectivity index (χ3n) is 8.52. The topological polar surface area (TPSA) is 31.6 Å². The molecule has 136 valence electrons. The van der Waals surface area contributed by atoms with Gasteiger partial charge in [-0.2, -0.15) is 0 Å². The molecular formula is C22H30O3. The van der Waals surface area contributed by atoms with Crippen LogP contribution in [0.4, 0.5) is 0 Å². The summed E-state index contributed by atoms with van der Waals surface area (Å²) in [6.07, 6.45) is 14.3. The molecule has 4 aliphatic rings. The molecule has 0 radical (unpaired) electrons. The zero-order valence-corrected chi connectivity index (χ0v) is 15.7. The second kappa shape index (κ2) is 5.23. The van der Waals surface area contributed by atoms with Crippen LogP contribution >= 0.6 is 0 Å². The summed E-state index contributed by atoms with van der Waals surface area (Å²) < 4.78 is 17.5. The van der Waals surface area contributed by atoms with Gasteiger partial charge in [-0.15, -0.1) is 0 Å². The second-order valence-electron chi connectivity index (χ2n) is 9.30. The summed E-state index contributed by atoms with van der Waals surface area (Å²) in [5.41, 5.74) is 2.05. The maximum Gasteiger partial charge on any atom is 0.129 e. The molecule has 0 amide bonds. The largest absolute Gasteiger partial charge is 0.465 e. The van der Waals surface area contributed by atoms with E-state index < -0.39 is 0 Å². The highest BCUT2D eigenvalue weighted by Gasteiger charge is 2.66. The van der Waals surface area contributed by atoms with E-state index in [0.717, 1.165) is 18.3 Å². The normalized spacial score (nSPS) is 47.2. The molecule has 25 heavy (non-hydrogen) atoms. The molecule has 1 aromatic rings. The molecule has 6 unspecified atom stereocenters. The maximum absolute atomic E-state index is 6.15. The first kappa shape index (κ1) is 16.1. The van der Waals surface area contributed by atoms with Crippen LogP contribution in [0.2, 0.25) is 0 Å². The fraction of sp³-hybridized carbons (Fsp3) is 0.727. The van der Waals surface area contributed by atoms with Crippen molar-refractivity contribution in [1.82, 2.24) is 0 Å². The molecule has 4 aliphatic carbocycles. The van der Waals surface area contributed by atoms with Gasteiger partial charge in [-0.3, -0.25) is 0 Å². The number of allylic oxidation sites excluding steroid dienone is 1. The van der Waals surface area contributed by atoms with Crippen molar-refractivity contribution in [2.75, 3.05) is 20.8 Å². The summed E-state index contributed by atoms with van der Waals surface area (Å²) in [7, 11) is 3.72. The molecule has 3 heteroatoms. The Morgan fingerprint density at radius 1 is 1.24 bits per heavy atom. The van der Waals surface area contributed by atoms with Crippen molar-refractivity contribution >= 4 is 6.08 Å². The van der Waals surface area contributed by atoms with Gasteiger partial charge in [0.05, 0.1) is 18.5 Å². The monoisotopic (exact) mass is 342 g/mol. The molecule has 3 fully saturated rings. The summed E-state index contributed by atoms with van der Waals surface area (Å²) in [4.78, 5) is 0. The van der Waals surface area contributed by atoms with Crippen LogP contribution in [0.25, 0.3) is 6.08 Å². The molecule has 1 spiro atoms. The molecule has 1 aromatic heterocycles. The quantitative estimate of drug-likeness (QED) is 0.772. The van der Waals surface area contributed by atoms with Gasteiger partial charge in [-0.25, -0.2) is 0 Å². The number of methoxy groups -OCH3 is 2.